The molecule has 0 bridgehead atoms. The van der Waals surface area contributed by atoms with Crippen LogP contribution in [0.4, 0.5) is 14.5 Å². The third kappa shape index (κ3) is 4.36. The van der Waals surface area contributed by atoms with E-state index in [-0.39, 0.29) is 17.8 Å². The highest BCUT2D eigenvalue weighted by Gasteiger charge is 2.26. The van der Waals surface area contributed by atoms with Crippen molar-refractivity contribution in [3.63, 3.8) is 0 Å². The Morgan fingerprint density at radius 1 is 1.00 bits per heavy atom. The Bertz CT molecular complexity index is 1270. The number of halogens is 3. The first-order chi connectivity index (χ1) is 15.5. The second-order valence-corrected chi connectivity index (χ2v) is 7.64. The van der Waals surface area contributed by atoms with Crippen molar-refractivity contribution < 1.29 is 8.78 Å². The number of fused-ring (bicyclic) bond motifs is 1. The smallest absolute Gasteiger partial charge is 0.135 e. The van der Waals surface area contributed by atoms with Crippen molar-refractivity contribution in [1.29, 1.82) is 0 Å². The number of nitrogens with zero attached hydrogens (tertiary/aromatic N) is 3. The van der Waals surface area contributed by atoms with Crippen LogP contribution in [0.5, 0.6) is 0 Å². The Labute approximate surface area is 189 Å². The lowest BCUT2D eigenvalue weighted by Gasteiger charge is -2.13. The predicted molar refractivity (Wildman–Crippen MR) is 126 cm³/mol. The molecule has 0 unspecified atom stereocenters. The summed E-state index contributed by atoms with van der Waals surface area (Å²) < 4.78 is 29.4. The summed E-state index contributed by atoms with van der Waals surface area (Å²) in [6.07, 6.45) is 2.71. The van der Waals surface area contributed by atoms with Gasteiger partial charge in [0.2, 0.25) is 0 Å². The number of hydrogen-bond donors (Lipinski definition) is 1. The first-order valence-corrected chi connectivity index (χ1v) is 10.2. The largest absolute Gasteiger partial charge is 0.390 e. The summed E-state index contributed by atoms with van der Waals surface area (Å²) in [4.78, 5) is 13.4. The molecule has 0 amide bonds. The first-order valence-electron chi connectivity index (χ1n) is 9.85. The molecule has 3 aromatic rings. The van der Waals surface area contributed by atoms with Gasteiger partial charge in [0.15, 0.2) is 0 Å². The second-order valence-electron chi connectivity index (χ2n) is 7.20. The first kappa shape index (κ1) is 21.6. The summed E-state index contributed by atoms with van der Waals surface area (Å²) >= 11 is 6.27. The molecule has 3 aromatic carbocycles. The van der Waals surface area contributed by atoms with Crippen LogP contribution in [0.15, 0.2) is 87.4 Å². The zero-order valence-corrected chi connectivity index (χ0v) is 17.9. The number of aliphatic imine (C=N–C) groups is 3. The molecule has 0 spiro atoms. The lowest BCUT2D eigenvalue weighted by atomic mass is 9.93. The van der Waals surface area contributed by atoms with Crippen LogP contribution in [-0.4, -0.2) is 24.3 Å². The topological polar surface area (TPSA) is 63.1 Å². The fourth-order valence-electron chi connectivity index (χ4n) is 3.47. The van der Waals surface area contributed by atoms with Crippen molar-refractivity contribution in [2.75, 3.05) is 6.54 Å². The van der Waals surface area contributed by atoms with Crippen LogP contribution in [0.1, 0.15) is 22.3 Å². The Hall–Kier alpha value is -3.64. The summed E-state index contributed by atoms with van der Waals surface area (Å²) in [5.74, 6) is -1.42. The zero-order chi connectivity index (χ0) is 22.7. The van der Waals surface area contributed by atoms with Gasteiger partial charge < -0.3 is 5.73 Å². The maximum atomic E-state index is 14.7. The number of nitrogens with two attached hydrogens (primary N) is 1. The minimum absolute atomic E-state index is 0.0947. The number of hydrogen-bond acceptors (Lipinski definition) is 3. The van der Waals surface area contributed by atoms with Gasteiger partial charge in [-0.25, -0.2) is 18.8 Å². The minimum atomic E-state index is -0.709. The second kappa shape index (κ2) is 9.24. The summed E-state index contributed by atoms with van der Waals surface area (Å²) in [5, 5.41) is 0.412. The summed E-state index contributed by atoms with van der Waals surface area (Å²) in [7, 11) is 0. The molecule has 1 aliphatic rings. The molecular weight excluding hydrogens is 430 g/mol. The van der Waals surface area contributed by atoms with E-state index in [1.165, 1.54) is 18.2 Å². The fraction of sp³-hybridized carbons (Fsp3) is 0.0800. The monoisotopic (exact) mass is 448 g/mol. The normalized spacial score (nSPS) is 16.3. The van der Waals surface area contributed by atoms with E-state index < -0.39 is 11.6 Å². The Kier molecular flexibility index (Phi) is 6.23. The van der Waals surface area contributed by atoms with E-state index in [1.54, 1.807) is 24.4 Å². The summed E-state index contributed by atoms with van der Waals surface area (Å²) in [5.41, 5.74) is 9.54. The highest BCUT2D eigenvalue weighted by molar-refractivity contribution is 6.32. The van der Waals surface area contributed by atoms with E-state index in [9.17, 15) is 8.78 Å². The molecule has 160 valence electrons. The van der Waals surface area contributed by atoms with Crippen LogP contribution in [0.3, 0.4) is 0 Å². The molecule has 1 heterocycles. The Morgan fingerprint density at radius 2 is 1.72 bits per heavy atom. The fourth-order valence-corrected chi connectivity index (χ4v) is 3.64. The van der Waals surface area contributed by atoms with Gasteiger partial charge in [0.1, 0.15) is 11.6 Å². The van der Waals surface area contributed by atoms with Crippen LogP contribution in [0, 0.1) is 18.6 Å². The molecule has 0 aliphatic carbocycles. The summed E-state index contributed by atoms with van der Waals surface area (Å²) in [6, 6.07) is 16.5. The molecule has 0 saturated carbocycles. The Balaban J connectivity index is 2.01. The molecule has 0 aromatic heterocycles. The van der Waals surface area contributed by atoms with Gasteiger partial charge in [-0.05, 0) is 43.3 Å². The average molecular weight is 449 g/mol. The number of rotatable bonds is 3. The quantitative estimate of drug-likeness (QED) is 0.401. The molecule has 0 radical (unpaired) electrons. The van der Waals surface area contributed by atoms with Crippen molar-refractivity contribution in [3.05, 3.63) is 111 Å². The molecule has 0 atom stereocenters. The van der Waals surface area contributed by atoms with Crippen LogP contribution in [0.25, 0.3) is 0 Å². The van der Waals surface area contributed by atoms with Gasteiger partial charge >= 0.3 is 0 Å². The highest BCUT2D eigenvalue weighted by Crippen LogP contribution is 2.30. The minimum Gasteiger partial charge on any atom is -0.390 e. The van der Waals surface area contributed by atoms with Crippen molar-refractivity contribution in [3.8, 4) is 0 Å². The van der Waals surface area contributed by atoms with Crippen molar-refractivity contribution in [1.82, 2.24) is 0 Å². The lowest BCUT2D eigenvalue weighted by Crippen LogP contribution is -2.13. The van der Waals surface area contributed by atoms with E-state index in [4.69, 9.17) is 22.3 Å². The maximum absolute atomic E-state index is 14.7. The Morgan fingerprint density at radius 3 is 2.41 bits per heavy atom. The van der Waals surface area contributed by atoms with Crippen molar-refractivity contribution >= 4 is 35.1 Å². The van der Waals surface area contributed by atoms with E-state index in [1.807, 2.05) is 31.2 Å². The SMILES string of the molecule is Cc1ccc(\N=C2/C(=C\N=C\N)CN=C(c3c(F)cccc3F)c3cc(Cl)ccc32)cc1. The highest BCUT2D eigenvalue weighted by atomic mass is 35.5. The van der Waals surface area contributed by atoms with Crippen molar-refractivity contribution in [2.24, 2.45) is 20.7 Å². The maximum Gasteiger partial charge on any atom is 0.135 e. The molecule has 4 rings (SSSR count). The van der Waals surface area contributed by atoms with Gasteiger partial charge in [0.25, 0.3) is 0 Å². The number of aryl methyl sites for hydroxylation is 1. The van der Waals surface area contributed by atoms with Gasteiger partial charge in [-0.1, -0.05) is 41.4 Å². The van der Waals surface area contributed by atoms with Gasteiger partial charge in [-0.3, -0.25) is 4.99 Å². The molecule has 7 heteroatoms. The van der Waals surface area contributed by atoms with Crippen molar-refractivity contribution in [2.45, 2.75) is 6.92 Å². The van der Waals surface area contributed by atoms with Crippen LogP contribution >= 0.6 is 11.6 Å². The molecule has 1 aliphatic heterocycles. The molecule has 0 saturated heterocycles. The third-order valence-corrected chi connectivity index (χ3v) is 5.23. The van der Waals surface area contributed by atoms with Crippen LogP contribution in [0.2, 0.25) is 5.02 Å². The van der Waals surface area contributed by atoms with Gasteiger partial charge in [-0.2, -0.15) is 0 Å². The molecule has 2 N–H and O–H groups in total. The molecular formula is C25H19ClF2N4. The predicted octanol–water partition coefficient (Wildman–Crippen LogP) is 5.77. The number of benzene rings is 3. The van der Waals surface area contributed by atoms with E-state index >= 15 is 0 Å². The summed E-state index contributed by atoms with van der Waals surface area (Å²) in [6.45, 7) is 2.08. The zero-order valence-electron chi connectivity index (χ0n) is 17.2. The van der Waals surface area contributed by atoms with E-state index in [0.29, 0.717) is 27.4 Å². The molecule has 0 fully saturated rings. The average Bonchev–Trinajstić information content (AvgIpc) is 2.91. The third-order valence-electron chi connectivity index (χ3n) is 4.99. The standard InChI is InChI=1S/C25H19ClF2N4/c1-15-5-8-18(9-6-15)32-24-16(12-30-14-29)13-31-25(20-11-17(26)7-10-19(20)24)23-21(27)3-2-4-22(23)28/h2-12,14H,13H2,1H3,(H2,29,30)/b16-12-,32-24+. The molecule has 32 heavy (non-hydrogen) atoms. The van der Waals surface area contributed by atoms with Crippen LogP contribution in [-0.2, 0) is 0 Å². The van der Waals surface area contributed by atoms with Gasteiger partial charge in [0.05, 0.1) is 35.6 Å². The van der Waals surface area contributed by atoms with E-state index in [0.717, 1.165) is 17.6 Å². The molecule has 4 nitrogen and oxygen atoms in total. The van der Waals surface area contributed by atoms with Crippen LogP contribution < -0.4 is 5.73 Å². The van der Waals surface area contributed by atoms with Gasteiger partial charge in [0, 0.05) is 27.9 Å². The lowest BCUT2D eigenvalue weighted by molar-refractivity contribution is 0.579. The van der Waals surface area contributed by atoms with Gasteiger partial charge in [-0.15, -0.1) is 0 Å². The van der Waals surface area contributed by atoms with E-state index in [2.05, 4.69) is 9.98 Å².